The summed E-state index contributed by atoms with van der Waals surface area (Å²) in [5, 5.41) is 6.98. The van der Waals surface area contributed by atoms with Crippen molar-refractivity contribution in [1.29, 1.82) is 0 Å². The molecule has 0 spiro atoms. The molecule has 3 N–H and O–H groups in total. The average molecular weight is 177 g/mol. The van der Waals surface area contributed by atoms with Crippen LogP contribution in [0.3, 0.4) is 0 Å². The Hall–Kier alpha value is -1.46. The van der Waals surface area contributed by atoms with Crippen LogP contribution in [0.25, 0.3) is 0 Å². The van der Waals surface area contributed by atoms with E-state index >= 15 is 0 Å². The van der Waals surface area contributed by atoms with E-state index in [-0.39, 0.29) is 6.03 Å². The first-order valence-corrected chi connectivity index (χ1v) is 3.27. The zero-order chi connectivity index (χ0) is 9.98. The molecule has 0 atom stereocenters. The molecule has 0 fully saturated rings. The standard InChI is InChI=1S/C3H8N2O.C3H7NO2/c1-4-3(6)5-2;1-4-3(5)6-2/h1-2H3,(H2,4,5,6);1-2H3,(H,4,5). The first kappa shape index (κ1) is 13.2. The number of methoxy groups -OCH3 is 1. The lowest BCUT2D eigenvalue weighted by molar-refractivity contribution is 0.173. The highest BCUT2D eigenvalue weighted by molar-refractivity contribution is 5.72. The molecule has 0 aromatic heterocycles. The van der Waals surface area contributed by atoms with Crippen molar-refractivity contribution in [3.8, 4) is 0 Å². The third kappa shape index (κ3) is 11.4. The largest absolute Gasteiger partial charge is 0.453 e. The van der Waals surface area contributed by atoms with Gasteiger partial charge in [0.05, 0.1) is 7.11 Å². The van der Waals surface area contributed by atoms with Gasteiger partial charge in [-0.1, -0.05) is 0 Å². The van der Waals surface area contributed by atoms with E-state index < -0.39 is 6.09 Å². The normalized spacial score (nSPS) is 7.00. The zero-order valence-electron chi connectivity index (χ0n) is 7.72. The van der Waals surface area contributed by atoms with Gasteiger partial charge in [0.25, 0.3) is 0 Å². The van der Waals surface area contributed by atoms with E-state index in [1.54, 1.807) is 14.1 Å². The Kier molecular flexibility index (Phi) is 10.5. The van der Waals surface area contributed by atoms with Crippen molar-refractivity contribution in [3.63, 3.8) is 0 Å². The fraction of sp³-hybridized carbons (Fsp3) is 0.667. The van der Waals surface area contributed by atoms with Crippen LogP contribution in [-0.2, 0) is 4.74 Å². The van der Waals surface area contributed by atoms with Gasteiger partial charge in [0.2, 0.25) is 0 Å². The smallest absolute Gasteiger partial charge is 0.406 e. The highest BCUT2D eigenvalue weighted by atomic mass is 16.5. The average Bonchev–Trinajstić information content (AvgIpc) is 2.16. The summed E-state index contributed by atoms with van der Waals surface area (Å²) < 4.78 is 4.15. The molecule has 12 heavy (non-hydrogen) atoms. The van der Waals surface area contributed by atoms with Crippen LogP contribution in [0.15, 0.2) is 0 Å². The Morgan fingerprint density at radius 3 is 1.42 bits per heavy atom. The van der Waals surface area contributed by atoms with E-state index in [1.807, 2.05) is 0 Å². The number of alkyl carbamates (subject to hydrolysis) is 1. The van der Waals surface area contributed by atoms with Crippen molar-refractivity contribution in [3.05, 3.63) is 0 Å². The monoisotopic (exact) mass is 177 g/mol. The molecule has 0 aromatic rings. The van der Waals surface area contributed by atoms with Gasteiger partial charge < -0.3 is 20.7 Å². The first-order chi connectivity index (χ1) is 5.62. The Labute approximate surface area is 71.7 Å². The molecule has 0 saturated heterocycles. The molecule has 6 heteroatoms. The van der Waals surface area contributed by atoms with Gasteiger partial charge in [0.15, 0.2) is 0 Å². The van der Waals surface area contributed by atoms with E-state index in [9.17, 15) is 9.59 Å². The Morgan fingerprint density at radius 1 is 1.00 bits per heavy atom. The van der Waals surface area contributed by atoms with Gasteiger partial charge >= 0.3 is 12.1 Å². The van der Waals surface area contributed by atoms with Gasteiger partial charge in [-0.25, -0.2) is 9.59 Å². The lowest BCUT2D eigenvalue weighted by Gasteiger charge is -1.91. The predicted octanol–water partition coefficient (Wildman–Crippen LogP) is -0.483. The SMILES string of the molecule is CNC(=O)NC.CNC(=O)OC. The molecule has 0 aliphatic carbocycles. The van der Waals surface area contributed by atoms with Crippen molar-refractivity contribution in [2.45, 2.75) is 0 Å². The minimum absolute atomic E-state index is 0.157. The van der Waals surface area contributed by atoms with Gasteiger partial charge in [-0.2, -0.15) is 0 Å². The van der Waals surface area contributed by atoms with Crippen molar-refractivity contribution in [2.75, 3.05) is 28.3 Å². The summed E-state index contributed by atoms with van der Waals surface area (Å²) in [5.41, 5.74) is 0. The van der Waals surface area contributed by atoms with Gasteiger partial charge in [0.1, 0.15) is 0 Å². The summed E-state index contributed by atoms with van der Waals surface area (Å²) in [6, 6.07) is -0.157. The topological polar surface area (TPSA) is 79.5 Å². The third-order valence-corrected chi connectivity index (χ3v) is 0.844. The first-order valence-electron chi connectivity index (χ1n) is 3.27. The summed E-state index contributed by atoms with van der Waals surface area (Å²) in [6.07, 6.45) is -0.407. The van der Waals surface area contributed by atoms with Crippen LogP contribution < -0.4 is 16.0 Å². The van der Waals surface area contributed by atoms with Crippen molar-refractivity contribution >= 4 is 12.1 Å². The highest BCUT2D eigenvalue weighted by Crippen LogP contribution is 1.62. The molecule has 72 valence electrons. The number of nitrogens with one attached hydrogen (secondary N) is 3. The van der Waals surface area contributed by atoms with Crippen LogP contribution >= 0.6 is 0 Å². The lowest BCUT2D eigenvalue weighted by Crippen LogP contribution is -2.28. The van der Waals surface area contributed by atoms with E-state index in [0.29, 0.717) is 0 Å². The molecule has 0 unspecified atom stereocenters. The second kappa shape index (κ2) is 9.54. The van der Waals surface area contributed by atoms with Crippen LogP contribution in [0.5, 0.6) is 0 Å². The minimum Gasteiger partial charge on any atom is -0.453 e. The molecule has 0 bridgehead atoms. The minimum atomic E-state index is -0.407. The number of hydrogen-bond acceptors (Lipinski definition) is 3. The fourth-order valence-electron chi connectivity index (χ4n) is 0.227. The van der Waals surface area contributed by atoms with Crippen LogP contribution in [0.4, 0.5) is 9.59 Å². The lowest BCUT2D eigenvalue weighted by atomic mass is 11.0. The number of carbonyl (C=O) groups is 2. The second-order valence-electron chi connectivity index (χ2n) is 1.57. The van der Waals surface area contributed by atoms with Crippen molar-refractivity contribution < 1.29 is 14.3 Å². The molecule has 0 radical (unpaired) electrons. The van der Waals surface area contributed by atoms with E-state index in [0.717, 1.165) is 0 Å². The van der Waals surface area contributed by atoms with Gasteiger partial charge in [-0.3, -0.25) is 0 Å². The zero-order valence-corrected chi connectivity index (χ0v) is 7.72. The maximum Gasteiger partial charge on any atom is 0.406 e. The van der Waals surface area contributed by atoms with Gasteiger partial charge in [-0.05, 0) is 0 Å². The Balaban J connectivity index is 0. The summed E-state index contributed by atoms with van der Waals surface area (Å²) in [5.74, 6) is 0. The summed E-state index contributed by atoms with van der Waals surface area (Å²) in [4.78, 5) is 19.8. The van der Waals surface area contributed by atoms with Crippen LogP contribution in [-0.4, -0.2) is 40.4 Å². The van der Waals surface area contributed by atoms with E-state index in [4.69, 9.17) is 0 Å². The summed E-state index contributed by atoms with van der Waals surface area (Å²) in [6.45, 7) is 0. The number of ether oxygens (including phenoxy) is 1. The maximum absolute atomic E-state index is 9.96. The fourth-order valence-corrected chi connectivity index (χ4v) is 0.227. The quantitative estimate of drug-likeness (QED) is 0.467. The Bertz CT molecular complexity index is 110. The molecule has 0 rings (SSSR count). The number of hydrogen-bond donors (Lipinski definition) is 3. The molecular weight excluding hydrogens is 162 g/mol. The molecule has 0 aliphatic heterocycles. The number of urea groups is 1. The van der Waals surface area contributed by atoms with Crippen molar-refractivity contribution in [1.82, 2.24) is 16.0 Å². The van der Waals surface area contributed by atoms with Crippen molar-refractivity contribution in [2.24, 2.45) is 0 Å². The molecule has 3 amide bonds. The summed E-state index contributed by atoms with van der Waals surface area (Å²) in [7, 11) is 5.96. The molecule has 0 aliphatic rings. The van der Waals surface area contributed by atoms with Crippen LogP contribution in [0.2, 0.25) is 0 Å². The number of amides is 3. The molecule has 0 heterocycles. The Morgan fingerprint density at radius 2 is 1.42 bits per heavy atom. The van der Waals surface area contributed by atoms with E-state index in [1.165, 1.54) is 14.2 Å². The molecule has 0 aromatic carbocycles. The highest BCUT2D eigenvalue weighted by Gasteiger charge is 1.85. The molecular formula is C6H15N3O3. The predicted molar refractivity (Wildman–Crippen MR) is 45.0 cm³/mol. The number of rotatable bonds is 0. The van der Waals surface area contributed by atoms with Crippen LogP contribution in [0, 0.1) is 0 Å². The maximum atomic E-state index is 9.96. The van der Waals surface area contributed by atoms with Gasteiger partial charge in [0, 0.05) is 21.1 Å². The third-order valence-electron chi connectivity index (χ3n) is 0.844. The second-order valence-corrected chi connectivity index (χ2v) is 1.57. The molecule has 6 nitrogen and oxygen atoms in total. The number of carbonyl (C=O) groups excluding carboxylic acids is 2. The summed E-state index contributed by atoms with van der Waals surface area (Å²) >= 11 is 0. The van der Waals surface area contributed by atoms with E-state index in [2.05, 4.69) is 20.7 Å². The molecule has 0 saturated carbocycles. The van der Waals surface area contributed by atoms with Gasteiger partial charge in [-0.15, -0.1) is 0 Å². The van der Waals surface area contributed by atoms with Crippen LogP contribution in [0.1, 0.15) is 0 Å².